The first kappa shape index (κ1) is 16.0. The lowest BCUT2D eigenvalue weighted by Gasteiger charge is -2.10. The van der Waals surface area contributed by atoms with Gasteiger partial charge < -0.3 is 9.88 Å². The zero-order valence-corrected chi connectivity index (χ0v) is 15.7. The minimum Gasteiger partial charge on any atom is -0.377 e. The Kier molecular flexibility index (Phi) is 3.48. The third kappa shape index (κ3) is 2.49. The van der Waals surface area contributed by atoms with Gasteiger partial charge in [0.15, 0.2) is 0 Å². The van der Waals surface area contributed by atoms with Gasteiger partial charge in [-0.25, -0.2) is 0 Å². The van der Waals surface area contributed by atoms with Gasteiger partial charge in [0.05, 0.1) is 28.0 Å². The van der Waals surface area contributed by atoms with Gasteiger partial charge >= 0.3 is 5.13 Å². The first-order valence-corrected chi connectivity index (χ1v) is 9.47. The summed E-state index contributed by atoms with van der Waals surface area (Å²) < 4.78 is 2.99. The molecule has 1 N–H and O–H groups in total. The van der Waals surface area contributed by atoms with Gasteiger partial charge in [-0.2, -0.15) is 4.57 Å². The molecule has 3 aromatic heterocycles. The summed E-state index contributed by atoms with van der Waals surface area (Å²) in [4.78, 5) is 23.3. The van der Waals surface area contributed by atoms with E-state index in [9.17, 15) is 4.79 Å². The Labute approximate surface area is 159 Å². The van der Waals surface area contributed by atoms with Crippen LogP contribution in [0, 0.1) is 0 Å². The molecule has 5 rings (SSSR count). The second-order valence-corrected chi connectivity index (χ2v) is 7.70. The van der Waals surface area contributed by atoms with Gasteiger partial charge in [-0.3, -0.25) is 4.79 Å². The van der Waals surface area contributed by atoms with Crippen LogP contribution in [0.2, 0.25) is 0 Å². The monoisotopic (exact) mass is 373 g/mol. The predicted molar refractivity (Wildman–Crippen MR) is 111 cm³/mol. The standard InChI is InChI=1S/C21H16N4OS/c1-24(2)13-9-11-25(12-10-13)21-23-19-17(27-21)8-7-16-18(19)20(26)14-5-3-4-6-15(14)22-16/h3-12H,1-2H3/p+1. The van der Waals surface area contributed by atoms with Crippen molar-refractivity contribution in [3.05, 3.63) is 71.1 Å². The van der Waals surface area contributed by atoms with Gasteiger partial charge in [0.25, 0.3) is 0 Å². The number of aromatic nitrogens is 3. The van der Waals surface area contributed by atoms with E-state index in [0.29, 0.717) is 10.8 Å². The van der Waals surface area contributed by atoms with Gasteiger partial charge in [-0.15, -0.1) is 0 Å². The number of thiazole rings is 1. The van der Waals surface area contributed by atoms with Crippen molar-refractivity contribution in [2.75, 3.05) is 19.0 Å². The van der Waals surface area contributed by atoms with Gasteiger partial charge in [-0.05, 0) is 40.6 Å². The number of pyridine rings is 2. The second kappa shape index (κ2) is 5.89. The van der Waals surface area contributed by atoms with Crippen LogP contribution in [-0.2, 0) is 0 Å². The van der Waals surface area contributed by atoms with Crippen LogP contribution in [0.25, 0.3) is 37.2 Å². The van der Waals surface area contributed by atoms with E-state index in [4.69, 9.17) is 4.98 Å². The van der Waals surface area contributed by atoms with E-state index >= 15 is 0 Å². The summed E-state index contributed by atoms with van der Waals surface area (Å²) in [5.41, 5.74) is 3.56. The van der Waals surface area contributed by atoms with Crippen LogP contribution in [0.1, 0.15) is 0 Å². The molecular weight excluding hydrogens is 356 g/mol. The highest BCUT2D eigenvalue weighted by molar-refractivity contribution is 7.20. The van der Waals surface area contributed by atoms with Crippen molar-refractivity contribution in [3.63, 3.8) is 0 Å². The molecule has 0 amide bonds. The van der Waals surface area contributed by atoms with E-state index < -0.39 is 0 Å². The first-order chi connectivity index (χ1) is 13.1. The van der Waals surface area contributed by atoms with Gasteiger partial charge in [0.2, 0.25) is 10.9 Å². The maximum absolute atomic E-state index is 13.1. The van der Waals surface area contributed by atoms with E-state index in [0.717, 1.165) is 32.1 Å². The number of benzene rings is 2. The Morgan fingerprint density at radius 3 is 2.56 bits per heavy atom. The molecular formula is C21H17N4OS+. The van der Waals surface area contributed by atoms with E-state index in [1.165, 1.54) is 0 Å². The Bertz CT molecular complexity index is 1370. The number of aromatic amines is 1. The fraction of sp³-hybridized carbons (Fsp3) is 0.0952. The number of H-pyrrole nitrogens is 1. The third-order valence-corrected chi connectivity index (χ3v) is 5.80. The molecule has 0 unspecified atom stereocenters. The molecule has 5 nitrogen and oxygen atoms in total. The molecule has 6 heteroatoms. The van der Waals surface area contributed by atoms with Crippen molar-refractivity contribution >= 4 is 49.0 Å². The van der Waals surface area contributed by atoms with E-state index in [1.54, 1.807) is 11.3 Å². The van der Waals surface area contributed by atoms with E-state index in [-0.39, 0.29) is 5.43 Å². The normalized spacial score (nSPS) is 11.5. The Hall–Kier alpha value is -3.25. The molecule has 0 saturated heterocycles. The fourth-order valence-electron chi connectivity index (χ4n) is 3.34. The highest BCUT2D eigenvalue weighted by Gasteiger charge is 2.20. The molecule has 2 aromatic carbocycles. The topological polar surface area (TPSA) is 52.9 Å². The largest absolute Gasteiger partial charge is 0.388 e. The van der Waals surface area contributed by atoms with Crippen molar-refractivity contribution in [2.24, 2.45) is 0 Å². The van der Waals surface area contributed by atoms with Gasteiger partial charge in [-0.1, -0.05) is 12.1 Å². The van der Waals surface area contributed by atoms with E-state index in [2.05, 4.69) is 9.88 Å². The van der Waals surface area contributed by atoms with Crippen LogP contribution < -0.4 is 14.9 Å². The maximum Gasteiger partial charge on any atom is 0.388 e. The average molecular weight is 373 g/mol. The number of fused-ring (bicyclic) bond motifs is 4. The Morgan fingerprint density at radius 1 is 1.00 bits per heavy atom. The maximum atomic E-state index is 13.1. The lowest BCUT2D eigenvalue weighted by molar-refractivity contribution is -0.595. The van der Waals surface area contributed by atoms with Crippen LogP contribution in [0.3, 0.4) is 0 Å². The molecule has 0 aliphatic heterocycles. The predicted octanol–water partition coefficient (Wildman–Crippen LogP) is 3.63. The molecule has 0 aliphatic rings. The van der Waals surface area contributed by atoms with Crippen LogP contribution >= 0.6 is 11.3 Å². The molecule has 0 aliphatic carbocycles. The minimum atomic E-state index is 0.0229. The van der Waals surface area contributed by atoms with Gasteiger partial charge in [0, 0.05) is 42.8 Å². The van der Waals surface area contributed by atoms with E-state index in [1.807, 2.05) is 79.6 Å². The van der Waals surface area contributed by atoms with Crippen molar-refractivity contribution in [3.8, 4) is 5.13 Å². The molecule has 132 valence electrons. The number of nitrogens with one attached hydrogen (secondary N) is 1. The SMILES string of the molecule is CN(C)c1cc[n+](-c2nc3c(ccc4[nH]c5ccccc5c(=O)c43)s2)cc1. The zero-order valence-electron chi connectivity index (χ0n) is 14.9. The lowest BCUT2D eigenvalue weighted by atomic mass is 10.1. The van der Waals surface area contributed by atoms with Crippen molar-refractivity contribution in [1.29, 1.82) is 0 Å². The Morgan fingerprint density at radius 2 is 1.78 bits per heavy atom. The van der Waals surface area contributed by atoms with Crippen LogP contribution in [0.15, 0.2) is 65.7 Å². The highest BCUT2D eigenvalue weighted by Crippen LogP contribution is 2.28. The summed E-state index contributed by atoms with van der Waals surface area (Å²) in [5, 5.41) is 2.18. The van der Waals surface area contributed by atoms with Crippen LogP contribution in [0.5, 0.6) is 0 Å². The number of para-hydroxylation sites is 1. The fourth-order valence-corrected chi connectivity index (χ4v) is 4.28. The summed E-state index contributed by atoms with van der Waals surface area (Å²) in [6.07, 6.45) is 3.99. The first-order valence-electron chi connectivity index (χ1n) is 8.65. The number of rotatable bonds is 2. The number of hydrogen-bond acceptors (Lipinski definition) is 4. The molecule has 0 spiro atoms. The molecule has 0 atom stereocenters. The molecule has 0 fully saturated rings. The number of anilines is 1. The average Bonchev–Trinajstić information content (AvgIpc) is 3.12. The molecule has 0 saturated carbocycles. The summed E-state index contributed by atoms with van der Waals surface area (Å²) >= 11 is 1.58. The quantitative estimate of drug-likeness (QED) is 0.380. The third-order valence-electron chi connectivity index (χ3n) is 4.77. The number of nitrogens with zero attached hydrogens (tertiary/aromatic N) is 3. The van der Waals surface area contributed by atoms with Gasteiger partial charge in [0.1, 0.15) is 0 Å². The summed E-state index contributed by atoms with van der Waals surface area (Å²) in [7, 11) is 4.03. The molecule has 27 heavy (non-hydrogen) atoms. The molecule has 0 radical (unpaired) electrons. The summed E-state index contributed by atoms with van der Waals surface area (Å²) in [6, 6.07) is 15.7. The van der Waals surface area contributed by atoms with Crippen molar-refractivity contribution in [1.82, 2.24) is 9.97 Å². The minimum absolute atomic E-state index is 0.0229. The molecule has 5 aromatic rings. The van der Waals surface area contributed by atoms with Crippen molar-refractivity contribution in [2.45, 2.75) is 0 Å². The number of hydrogen-bond donors (Lipinski definition) is 1. The summed E-state index contributed by atoms with van der Waals surface area (Å²) in [5.74, 6) is 0. The highest BCUT2D eigenvalue weighted by atomic mass is 32.1. The Balaban J connectivity index is 1.77. The van der Waals surface area contributed by atoms with Crippen LogP contribution in [0.4, 0.5) is 5.69 Å². The lowest BCUT2D eigenvalue weighted by Crippen LogP contribution is -2.29. The van der Waals surface area contributed by atoms with Crippen LogP contribution in [-0.4, -0.2) is 24.1 Å². The summed E-state index contributed by atoms with van der Waals surface area (Å²) in [6.45, 7) is 0. The second-order valence-electron chi connectivity index (χ2n) is 6.69. The molecule has 3 heterocycles. The smallest absolute Gasteiger partial charge is 0.377 e. The van der Waals surface area contributed by atoms with Crippen molar-refractivity contribution < 1.29 is 4.57 Å². The molecule has 0 bridgehead atoms. The zero-order chi connectivity index (χ0) is 18.5.